The van der Waals surface area contributed by atoms with Gasteiger partial charge >= 0.3 is 43.5 Å². The van der Waals surface area contributed by atoms with Crippen LogP contribution in [0.3, 0.4) is 0 Å². The summed E-state index contributed by atoms with van der Waals surface area (Å²) in [4.78, 5) is 0. The van der Waals surface area contributed by atoms with Gasteiger partial charge in [-0.25, -0.2) is 23.3 Å². The maximum absolute atomic E-state index is 3.82. The predicted molar refractivity (Wildman–Crippen MR) is 75.9 cm³/mol. The summed E-state index contributed by atoms with van der Waals surface area (Å²) in [6.07, 6.45) is 16.5. The maximum atomic E-state index is 3.82. The molecule has 0 nitrogen and oxygen atoms in total. The fourth-order valence-electron chi connectivity index (χ4n) is 0.998. The Balaban J connectivity index is 0.000000228. The van der Waals surface area contributed by atoms with Crippen molar-refractivity contribution in [3.8, 4) is 0 Å². The molecule has 2 aliphatic carbocycles. The molecule has 0 aliphatic heterocycles. The summed E-state index contributed by atoms with van der Waals surface area (Å²) in [5.74, 6) is 0. The van der Waals surface area contributed by atoms with Crippen molar-refractivity contribution < 1.29 is 22.3 Å². The van der Waals surface area contributed by atoms with Gasteiger partial charge in [0.1, 0.15) is 0 Å². The molecule has 17 heavy (non-hydrogen) atoms. The van der Waals surface area contributed by atoms with E-state index in [0.29, 0.717) is 0 Å². The van der Waals surface area contributed by atoms with Gasteiger partial charge in [-0.05, 0) is 0 Å². The Morgan fingerprint density at radius 2 is 1.41 bits per heavy atom. The van der Waals surface area contributed by atoms with Gasteiger partial charge in [0.05, 0.1) is 0 Å². The molecule has 0 fully saturated rings. The van der Waals surface area contributed by atoms with E-state index in [1.807, 2.05) is 12.2 Å². The van der Waals surface area contributed by atoms with Crippen molar-refractivity contribution in [2.24, 2.45) is 0 Å². The SMILES string of the molecule is CC1=CC[C-]=C1.CC1=CC[C-]=C1.[CH2]=[Zr]=[C](C)C. The molecule has 0 N–H and O–H groups in total. The minimum absolute atomic E-state index is 0.199. The van der Waals surface area contributed by atoms with Crippen LogP contribution in [-0.2, 0) is 22.3 Å². The molecule has 0 saturated heterocycles. The molecule has 0 spiro atoms. The zero-order chi connectivity index (χ0) is 13.1. The van der Waals surface area contributed by atoms with E-state index in [2.05, 4.69) is 56.2 Å². The van der Waals surface area contributed by atoms with Crippen LogP contribution in [0.15, 0.2) is 35.5 Å². The van der Waals surface area contributed by atoms with E-state index in [-0.39, 0.29) is 22.3 Å². The van der Waals surface area contributed by atoms with Crippen LogP contribution in [0.25, 0.3) is 0 Å². The fraction of sp³-hybridized carbons (Fsp3) is 0.375. The first-order chi connectivity index (χ1) is 8.06. The molecule has 0 amide bonds. The van der Waals surface area contributed by atoms with Crippen molar-refractivity contribution in [2.45, 2.75) is 40.5 Å². The zero-order valence-corrected chi connectivity index (χ0v) is 13.9. The van der Waals surface area contributed by atoms with Gasteiger partial charge in [0.15, 0.2) is 0 Å². The third kappa shape index (κ3) is 11.8. The van der Waals surface area contributed by atoms with Crippen LogP contribution < -0.4 is 0 Å². The van der Waals surface area contributed by atoms with Gasteiger partial charge in [-0.1, -0.05) is 0 Å². The van der Waals surface area contributed by atoms with E-state index in [9.17, 15) is 0 Å². The molecule has 0 aromatic heterocycles. The van der Waals surface area contributed by atoms with Crippen molar-refractivity contribution in [3.63, 3.8) is 0 Å². The van der Waals surface area contributed by atoms with E-state index in [0.717, 1.165) is 12.8 Å². The van der Waals surface area contributed by atoms with E-state index in [4.69, 9.17) is 0 Å². The normalized spacial score (nSPS) is 14.8. The summed E-state index contributed by atoms with van der Waals surface area (Å²) in [5, 5.41) is 0. The van der Waals surface area contributed by atoms with Gasteiger partial charge in [0.2, 0.25) is 0 Å². The van der Waals surface area contributed by atoms with Crippen LogP contribution in [0.2, 0.25) is 0 Å². The molecule has 0 heterocycles. The van der Waals surface area contributed by atoms with Gasteiger partial charge in [0, 0.05) is 0 Å². The number of allylic oxidation sites excluding steroid dienone is 8. The van der Waals surface area contributed by atoms with Crippen molar-refractivity contribution in [2.75, 3.05) is 0 Å². The first-order valence-corrected chi connectivity index (χ1v) is 8.83. The van der Waals surface area contributed by atoms with Crippen molar-refractivity contribution in [3.05, 3.63) is 47.6 Å². The summed E-state index contributed by atoms with van der Waals surface area (Å²) in [7, 11) is 0. The molecule has 1 heteroatoms. The molecule has 0 radical (unpaired) electrons. The molecule has 0 saturated carbocycles. The van der Waals surface area contributed by atoms with E-state index >= 15 is 0 Å². The van der Waals surface area contributed by atoms with Gasteiger partial charge < -0.3 is 0 Å². The van der Waals surface area contributed by atoms with Crippen LogP contribution in [0, 0.1) is 12.2 Å². The molecule has 0 aromatic carbocycles. The summed E-state index contributed by atoms with van der Waals surface area (Å²) in [6.45, 7) is 8.47. The summed E-state index contributed by atoms with van der Waals surface area (Å²) in [5.41, 5.74) is 2.69. The number of hydrogen-bond acceptors (Lipinski definition) is 0. The topological polar surface area (TPSA) is 0 Å². The standard InChI is InChI=1S/2C6H7.C3H6.CH2.Zr/c2*1-6-4-2-3-5-6;1-3-2;;/h2*4-5H,2H2,1H3;1-2H3;1H2;/q2*-1;;;. The Bertz CT molecular complexity index is 348. The molecule has 0 atom stereocenters. The number of hydrogen-bond donors (Lipinski definition) is 0. The average Bonchev–Trinajstić information content (AvgIpc) is 2.93. The van der Waals surface area contributed by atoms with E-state index < -0.39 is 0 Å². The molecule has 2 rings (SSSR count). The van der Waals surface area contributed by atoms with Gasteiger partial charge in [-0.2, -0.15) is 12.2 Å². The third-order valence-corrected chi connectivity index (χ3v) is 3.83. The van der Waals surface area contributed by atoms with Crippen molar-refractivity contribution in [1.29, 1.82) is 0 Å². The Hall–Kier alpha value is -0.417. The monoisotopic (exact) mass is 304 g/mol. The second-order valence-electron chi connectivity index (χ2n) is 4.18. The van der Waals surface area contributed by atoms with Crippen LogP contribution >= 0.6 is 0 Å². The average molecular weight is 306 g/mol. The van der Waals surface area contributed by atoms with Gasteiger partial charge in [-0.3, -0.25) is 12.2 Å². The van der Waals surface area contributed by atoms with Crippen LogP contribution in [0.1, 0.15) is 40.5 Å². The van der Waals surface area contributed by atoms with Gasteiger partial charge in [-0.15, -0.1) is 26.7 Å². The van der Waals surface area contributed by atoms with Gasteiger partial charge in [0.25, 0.3) is 0 Å². The van der Waals surface area contributed by atoms with Crippen LogP contribution in [0.5, 0.6) is 0 Å². The Morgan fingerprint density at radius 3 is 1.47 bits per heavy atom. The molecule has 2 aliphatic rings. The second kappa shape index (κ2) is 10.7. The quantitative estimate of drug-likeness (QED) is 0.591. The minimum atomic E-state index is -0.199. The van der Waals surface area contributed by atoms with Crippen LogP contribution in [-0.4, -0.2) is 7.42 Å². The molecule has 0 aromatic rings. The summed E-state index contributed by atoms with van der Waals surface area (Å²) in [6, 6.07) is 0. The second-order valence-corrected chi connectivity index (χ2v) is 7.51. The van der Waals surface area contributed by atoms with Crippen LogP contribution in [0.4, 0.5) is 0 Å². The van der Waals surface area contributed by atoms with Crippen molar-refractivity contribution in [1.82, 2.24) is 0 Å². The van der Waals surface area contributed by atoms with E-state index in [1.165, 1.54) is 11.1 Å². The predicted octanol–water partition coefficient (Wildman–Crippen LogP) is 4.10. The molecule has 92 valence electrons. The Labute approximate surface area is 117 Å². The Kier molecular flexibility index (Phi) is 10.5. The Morgan fingerprint density at radius 1 is 1.06 bits per heavy atom. The summed E-state index contributed by atoms with van der Waals surface area (Å²) >= 11 is -0.199. The first kappa shape index (κ1) is 16.6. The van der Waals surface area contributed by atoms with E-state index in [1.54, 1.807) is 3.21 Å². The molecular weight excluding hydrogens is 283 g/mol. The molecule has 0 bridgehead atoms. The third-order valence-electron chi connectivity index (χ3n) is 2.10. The first-order valence-electron chi connectivity index (χ1n) is 5.86. The fourth-order valence-corrected chi connectivity index (χ4v) is 0.998. The summed E-state index contributed by atoms with van der Waals surface area (Å²) < 4.78 is 5.38. The number of rotatable bonds is 0. The molecular formula is C16H22Zr-2. The molecule has 0 unspecified atom stereocenters. The van der Waals surface area contributed by atoms with Crippen molar-refractivity contribution >= 4 is 7.42 Å². The zero-order valence-electron chi connectivity index (χ0n) is 11.4.